The Labute approximate surface area is 90.5 Å². The smallest absolute Gasteiger partial charge is 0.0705 e. The van der Waals surface area contributed by atoms with Gasteiger partial charge in [0.15, 0.2) is 0 Å². The molecular weight excluding hydrogens is 182 g/mol. The van der Waals surface area contributed by atoms with Crippen molar-refractivity contribution < 1.29 is 0 Å². The molecule has 1 aromatic heterocycles. The molecule has 0 radical (unpaired) electrons. The van der Waals surface area contributed by atoms with Gasteiger partial charge in [0.05, 0.1) is 5.52 Å². The van der Waals surface area contributed by atoms with Crippen molar-refractivity contribution in [1.82, 2.24) is 4.98 Å². The topological polar surface area (TPSA) is 12.9 Å². The molecule has 0 saturated heterocycles. The Kier molecular flexibility index (Phi) is 2.82. The average Bonchev–Trinajstić information content (AvgIpc) is 2.28. The third-order valence-corrected chi connectivity index (χ3v) is 2.52. The molecule has 0 N–H and O–H groups in total. The van der Waals surface area contributed by atoms with Crippen LogP contribution in [0.2, 0.25) is 0 Å². The number of hydrogen-bond acceptors (Lipinski definition) is 1. The van der Waals surface area contributed by atoms with Crippen molar-refractivity contribution in [3.05, 3.63) is 47.7 Å². The van der Waals surface area contributed by atoms with Crippen molar-refractivity contribution in [2.45, 2.75) is 20.3 Å². The third-order valence-electron chi connectivity index (χ3n) is 2.52. The molecule has 1 heteroatoms. The number of pyridine rings is 1. The molecule has 2 rings (SSSR count). The lowest BCUT2D eigenvalue weighted by molar-refractivity contribution is 1.05. The summed E-state index contributed by atoms with van der Waals surface area (Å²) in [6, 6.07) is 10.5. The lowest BCUT2D eigenvalue weighted by atomic mass is 10.1. The molecule has 0 spiro atoms. The first-order valence-electron chi connectivity index (χ1n) is 5.36. The van der Waals surface area contributed by atoms with Crippen molar-refractivity contribution in [3.63, 3.8) is 0 Å². The monoisotopic (exact) mass is 197 g/mol. The minimum absolute atomic E-state index is 0.977. The van der Waals surface area contributed by atoms with Crippen LogP contribution in [-0.4, -0.2) is 4.98 Å². The van der Waals surface area contributed by atoms with Gasteiger partial charge in [0.1, 0.15) is 0 Å². The largest absolute Gasteiger partial charge is 0.252 e. The van der Waals surface area contributed by atoms with Gasteiger partial charge in [-0.15, -0.1) is 0 Å². The van der Waals surface area contributed by atoms with Crippen LogP contribution in [0.25, 0.3) is 17.0 Å². The van der Waals surface area contributed by atoms with Gasteiger partial charge >= 0.3 is 0 Å². The maximum atomic E-state index is 4.66. The summed E-state index contributed by atoms with van der Waals surface area (Å²) >= 11 is 0. The fourth-order valence-electron chi connectivity index (χ4n) is 1.78. The number of rotatable bonds is 2. The summed E-state index contributed by atoms with van der Waals surface area (Å²) < 4.78 is 0. The van der Waals surface area contributed by atoms with Crippen molar-refractivity contribution in [2.24, 2.45) is 0 Å². The quantitative estimate of drug-likeness (QED) is 0.713. The van der Waals surface area contributed by atoms with Gasteiger partial charge in [-0.05, 0) is 31.0 Å². The Morgan fingerprint density at radius 2 is 2.07 bits per heavy atom. The van der Waals surface area contributed by atoms with Crippen molar-refractivity contribution in [2.75, 3.05) is 0 Å². The lowest BCUT2D eigenvalue weighted by Gasteiger charge is -2.05. The summed E-state index contributed by atoms with van der Waals surface area (Å²) in [6.07, 6.45) is 5.16. The van der Waals surface area contributed by atoms with Crippen LogP contribution in [-0.2, 0) is 6.42 Å². The van der Waals surface area contributed by atoms with E-state index in [0.29, 0.717) is 0 Å². The van der Waals surface area contributed by atoms with Gasteiger partial charge in [0.2, 0.25) is 0 Å². The number of hydrogen-bond donors (Lipinski definition) is 0. The molecule has 0 unspecified atom stereocenters. The van der Waals surface area contributed by atoms with E-state index in [0.717, 1.165) is 11.9 Å². The van der Waals surface area contributed by atoms with Gasteiger partial charge in [-0.3, -0.25) is 4.98 Å². The second-order valence-electron chi connectivity index (χ2n) is 3.57. The van der Waals surface area contributed by atoms with Gasteiger partial charge in [0, 0.05) is 11.1 Å². The first kappa shape index (κ1) is 9.91. The molecule has 76 valence electrons. The number of allylic oxidation sites excluding steroid dienone is 1. The molecule has 0 fully saturated rings. The number of fused-ring (bicyclic) bond motifs is 1. The van der Waals surface area contributed by atoms with Crippen LogP contribution < -0.4 is 0 Å². The number of benzene rings is 1. The minimum Gasteiger partial charge on any atom is -0.252 e. The fraction of sp³-hybridized carbons (Fsp3) is 0.214. The zero-order chi connectivity index (χ0) is 10.7. The first-order chi connectivity index (χ1) is 7.35. The number of aryl methyl sites for hydroxylation is 1. The summed E-state index contributed by atoms with van der Waals surface area (Å²) in [7, 11) is 0. The SMILES string of the molecule is C/C=C\c1cc2ccccc2nc1CC. The average molecular weight is 197 g/mol. The van der Waals surface area contributed by atoms with Crippen molar-refractivity contribution in [1.29, 1.82) is 0 Å². The van der Waals surface area contributed by atoms with E-state index in [-0.39, 0.29) is 0 Å². The van der Waals surface area contributed by atoms with Crippen LogP contribution in [0.5, 0.6) is 0 Å². The molecule has 15 heavy (non-hydrogen) atoms. The summed E-state index contributed by atoms with van der Waals surface area (Å²) in [5, 5.41) is 1.21. The fourth-order valence-corrected chi connectivity index (χ4v) is 1.78. The molecule has 0 atom stereocenters. The normalized spacial score (nSPS) is 11.3. The molecule has 1 heterocycles. The number of para-hydroxylation sites is 1. The molecule has 0 bridgehead atoms. The Balaban J connectivity index is 2.69. The van der Waals surface area contributed by atoms with E-state index < -0.39 is 0 Å². The van der Waals surface area contributed by atoms with Crippen LogP contribution in [0, 0.1) is 0 Å². The molecule has 2 aromatic rings. The summed E-state index contributed by atoms with van der Waals surface area (Å²) in [4.78, 5) is 4.66. The maximum Gasteiger partial charge on any atom is 0.0705 e. The molecule has 0 aliphatic heterocycles. The van der Waals surface area contributed by atoms with Crippen molar-refractivity contribution in [3.8, 4) is 0 Å². The van der Waals surface area contributed by atoms with E-state index in [1.807, 2.05) is 13.0 Å². The highest BCUT2D eigenvalue weighted by atomic mass is 14.7. The van der Waals surface area contributed by atoms with Crippen LogP contribution in [0.4, 0.5) is 0 Å². The second kappa shape index (κ2) is 4.26. The van der Waals surface area contributed by atoms with E-state index in [2.05, 4.69) is 48.3 Å². The van der Waals surface area contributed by atoms with E-state index in [1.165, 1.54) is 16.6 Å². The Morgan fingerprint density at radius 1 is 1.27 bits per heavy atom. The van der Waals surface area contributed by atoms with Gasteiger partial charge in [-0.2, -0.15) is 0 Å². The Bertz CT molecular complexity index is 498. The highest BCUT2D eigenvalue weighted by molar-refractivity contribution is 5.81. The van der Waals surface area contributed by atoms with Gasteiger partial charge in [0.25, 0.3) is 0 Å². The highest BCUT2D eigenvalue weighted by Crippen LogP contribution is 2.18. The molecule has 0 saturated carbocycles. The molecular formula is C14H15N. The standard InChI is InChI=1S/C14H15N/c1-3-7-11-10-12-8-5-6-9-14(12)15-13(11)4-2/h3,5-10H,4H2,1-2H3/b7-3-. The predicted octanol–water partition coefficient (Wildman–Crippen LogP) is 3.83. The minimum atomic E-state index is 0.977. The van der Waals surface area contributed by atoms with E-state index in [1.54, 1.807) is 0 Å². The lowest BCUT2D eigenvalue weighted by Crippen LogP contribution is -1.92. The molecule has 0 aliphatic rings. The zero-order valence-electron chi connectivity index (χ0n) is 9.20. The zero-order valence-corrected chi connectivity index (χ0v) is 9.20. The third kappa shape index (κ3) is 1.91. The molecule has 0 amide bonds. The van der Waals surface area contributed by atoms with E-state index in [4.69, 9.17) is 0 Å². The van der Waals surface area contributed by atoms with Crippen LogP contribution in [0.15, 0.2) is 36.4 Å². The van der Waals surface area contributed by atoms with Crippen molar-refractivity contribution >= 4 is 17.0 Å². The first-order valence-corrected chi connectivity index (χ1v) is 5.36. The molecule has 1 nitrogen and oxygen atoms in total. The molecule has 0 aliphatic carbocycles. The van der Waals surface area contributed by atoms with Gasteiger partial charge in [-0.1, -0.05) is 37.3 Å². The highest BCUT2D eigenvalue weighted by Gasteiger charge is 2.01. The van der Waals surface area contributed by atoms with E-state index in [9.17, 15) is 0 Å². The summed E-state index contributed by atoms with van der Waals surface area (Å²) in [5.41, 5.74) is 3.49. The predicted molar refractivity (Wildman–Crippen MR) is 65.8 cm³/mol. The van der Waals surface area contributed by atoms with Gasteiger partial charge < -0.3 is 0 Å². The van der Waals surface area contributed by atoms with Crippen LogP contribution in [0.1, 0.15) is 25.1 Å². The maximum absolute atomic E-state index is 4.66. The summed E-state index contributed by atoms with van der Waals surface area (Å²) in [6.45, 7) is 4.18. The second-order valence-corrected chi connectivity index (χ2v) is 3.57. The molecule has 1 aromatic carbocycles. The Morgan fingerprint density at radius 3 is 2.80 bits per heavy atom. The van der Waals surface area contributed by atoms with Crippen LogP contribution >= 0.6 is 0 Å². The summed E-state index contributed by atoms with van der Waals surface area (Å²) in [5.74, 6) is 0. The van der Waals surface area contributed by atoms with E-state index >= 15 is 0 Å². The Hall–Kier alpha value is -1.63. The number of nitrogens with zero attached hydrogens (tertiary/aromatic N) is 1. The van der Waals surface area contributed by atoms with Gasteiger partial charge in [-0.25, -0.2) is 0 Å². The number of aromatic nitrogens is 1. The van der Waals surface area contributed by atoms with Crippen LogP contribution in [0.3, 0.4) is 0 Å².